The van der Waals surface area contributed by atoms with E-state index >= 15 is 0 Å². The average molecular weight is 207 g/mol. The Morgan fingerprint density at radius 2 is 2.38 bits per heavy atom. The van der Waals surface area contributed by atoms with Crippen LogP contribution < -0.4 is 0 Å². The van der Waals surface area contributed by atoms with Crippen molar-refractivity contribution in [3.05, 3.63) is 11.6 Å². The molecule has 0 aliphatic carbocycles. The van der Waals surface area contributed by atoms with Crippen LogP contribution in [0.4, 0.5) is 0 Å². The van der Waals surface area contributed by atoms with Gasteiger partial charge in [-0.05, 0) is 13.8 Å². The van der Waals surface area contributed by atoms with Crippen molar-refractivity contribution in [2.75, 3.05) is 6.61 Å². The summed E-state index contributed by atoms with van der Waals surface area (Å²) in [5, 5.41) is 10.0. The number of aliphatic hydroxyl groups excluding tert-OH is 1. The second-order valence-electron chi connectivity index (χ2n) is 3.66. The van der Waals surface area contributed by atoms with Gasteiger partial charge in [0.2, 0.25) is 0 Å². The molecule has 3 nitrogen and oxygen atoms in total. The molecule has 0 bridgehead atoms. The summed E-state index contributed by atoms with van der Waals surface area (Å²) in [6, 6.07) is 0. The van der Waals surface area contributed by atoms with Crippen molar-refractivity contribution in [3.63, 3.8) is 0 Å². The Bertz CT molecular complexity index is 203. The van der Waals surface area contributed by atoms with Gasteiger partial charge in [-0.15, -0.1) is 0 Å². The summed E-state index contributed by atoms with van der Waals surface area (Å²) in [6.45, 7) is 7.54. The molecule has 2 atom stereocenters. The van der Waals surface area contributed by atoms with E-state index in [1.54, 1.807) is 0 Å². The lowest BCUT2D eigenvalue weighted by atomic mass is 10.1. The van der Waals surface area contributed by atoms with Crippen LogP contribution in [0.5, 0.6) is 0 Å². The molecule has 1 aliphatic heterocycles. The molecule has 4 heteroatoms. The third kappa shape index (κ3) is 3.27. The van der Waals surface area contributed by atoms with Gasteiger partial charge in [-0.25, -0.2) is 0 Å². The maximum absolute atomic E-state index is 9.60. The molecule has 0 aromatic rings. The summed E-state index contributed by atoms with van der Waals surface area (Å²) in [6.07, 6.45) is -0.594. The number of hydrogen-bond donors (Lipinski definition) is 1. The molecule has 0 radical (unpaired) electrons. The predicted molar refractivity (Wildman–Crippen MR) is 50.5 cm³/mol. The van der Waals surface area contributed by atoms with Crippen molar-refractivity contribution in [2.45, 2.75) is 38.3 Å². The first-order valence-corrected chi connectivity index (χ1v) is 4.61. The highest BCUT2D eigenvalue weighted by atomic mass is 35.5. The van der Waals surface area contributed by atoms with E-state index in [9.17, 15) is 5.11 Å². The SMILES string of the molecule is C=C(Cl)C[C@H](O)[C@H]1COC(C)(C)O1. The molecule has 76 valence electrons. The maximum atomic E-state index is 9.60. The summed E-state index contributed by atoms with van der Waals surface area (Å²) in [7, 11) is 0. The van der Waals surface area contributed by atoms with Crippen molar-refractivity contribution in [3.8, 4) is 0 Å². The summed E-state index contributed by atoms with van der Waals surface area (Å²) in [5.41, 5.74) is 0. The second kappa shape index (κ2) is 3.96. The van der Waals surface area contributed by atoms with Gasteiger partial charge in [0.05, 0.1) is 12.7 Å². The molecule has 0 aromatic heterocycles. The number of halogens is 1. The molecule has 1 heterocycles. The van der Waals surface area contributed by atoms with Crippen LogP contribution in [0.3, 0.4) is 0 Å². The van der Waals surface area contributed by atoms with Crippen LogP contribution in [-0.2, 0) is 9.47 Å². The van der Waals surface area contributed by atoms with Gasteiger partial charge < -0.3 is 14.6 Å². The molecule has 0 spiro atoms. The van der Waals surface area contributed by atoms with Gasteiger partial charge in [0, 0.05) is 11.5 Å². The standard InChI is InChI=1S/C9H15ClO3/c1-6(10)4-7(11)8-5-12-9(2,3)13-8/h7-8,11H,1,4-5H2,2-3H3/t7-,8+/m0/s1. The Balaban J connectivity index is 2.42. The number of ether oxygens (including phenoxy) is 2. The lowest BCUT2D eigenvalue weighted by Gasteiger charge is -2.19. The van der Waals surface area contributed by atoms with E-state index < -0.39 is 11.9 Å². The Kier molecular flexibility index (Phi) is 3.35. The smallest absolute Gasteiger partial charge is 0.163 e. The monoisotopic (exact) mass is 206 g/mol. The van der Waals surface area contributed by atoms with Gasteiger partial charge in [-0.1, -0.05) is 18.2 Å². The zero-order valence-corrected chi connectivity index (χ0v) is 8.67. The van der Waals surface area contributed by atoms with E-state index in [1.165, 1.54) is 0 Å². The third-order valence-electron chi connectivity index (χ3n) is 1.89. The Morgan fingerprint density at radius 3 is 2.77 bits per heavy atom. The molecule has 1 saturated heterocycles. The molecular weight excluding hydrogens is 192 g/mol. The van der Waals surface area contributed by atoms with Crippen LogP contribution in [0.2, 0.25) is 0 Å². The quantitative estimate of drug-likeness (QED) is 0.763. The topological polar surface area (TPSA) is 38.7 Å². The third-order valence-corrected chi connectivity index (χ3v) is 2.04. The van der Waals surface area contributed by atoms with Crippen molar-refractivity contribution < 1.29 is 14.6 Å². The van der Waals surface area contributed by atoms with Crippen molar-refractivity contribution >= 4 is 11.6 Å². The Labute approximate surface area is 83.3 Å². The summed E-state index contributed by atoms with van der Waals surface area (Å²) in [4.78, 5) is 0. The predicted octanol–water partition coefficient (Wildman–Crippen LogP) is 1.64. The zero-order chi connectivity index (χ0) is 10.1. The first-order valence-electron chi connectivity index (χ1n) is 4.24. The summed E-state index contributed by atoms with van der Waals surface area (Å²) in [5.74, 6) is -0.598. The fourth-order valence-electron chi connectivity index (χ4n) is 1.26. The minimum atomic E-state index is -0.633. The van der Waals surface area contributed by atoms with Crippen molar-refractivity contribution in [1.29, 1.82) is 0 Å². The van der Waals surface area contributed by atoms with Gasteiger partial charge in [-0.2, -0.15) is 0 Å². The fraction of sp³-hybridized carbons (Fsp3) is 0.778. The lowest BCUT2D eigenvalue weighted by molar-refractivity contribution is -0.150. The zero-order valence-electron chi connectivity index (χ0n) is 7.92. The van der Waals surface area contributed by atoms with E-state index in [-0.39, 0.29) is 6.10 Å². The largest absolute Gasteiger partial charge is 0.390 e. The van der Waals surface area contributed by atoms with E-state index in [0.29, 0.717) is 18.1 Å². The molecule has 0 amide bonds. The normalized spacial score (nSPS) is 28.8. The molecule has 1 rings (SSSR count). The minimum absolute atomic E-state index is 0.300. The Morgan fingerprint density at radius 1 is 1.77 bits per heavy atom. The Hall–Kier alpha value is -0.0900. The number of hydrogen-bond acceptors (Lipinski definition) is 3. The molecule has 1 N–H and O–H groups in total. The van der Waals surface area contributed by atoms with Gasteiger partial charge in [0.1, 0.15) is 6.10 Å². The molecule has 0 aromatic carbocycles. The van der Waals surface area contributed by atoms with Crippen LogP contribution >= 0.6 is 11.6 Å². The van der Waals surface area contributed by atoms with E-state index in [1.807, 2.05) is 13.8 Å². The summed E-state index contributed by atoms with van der Waals surface area (Å²) >= 11 is 5.57. The van der Waals surface area contributed by atoms with Crippen LogP contribution in [0.25, 0.3) is 0 Å². The number of rotatable bonds is 3. The fourth-order valence-corrected chi connectivity index (χ4v) is 1.42. The highest BCUT2D eigenvalue weighted by Gasteiger charge is 2.36. The highest BCUT2D eigenvalue weighted by molar-refractivity contribution is 6.29. The van der Waals surface area contributed by atoms with Crippen LogP contribution in [0, 0.1) is 0 Å². The van der Waals surface area contributed by atoms with Crippen molar-refractivity contribution in [1.82, 2.24) is 0 Å². The van der Waals surface area contributed by atoms with E-state index in [2.05, 4.69) is 6.58 Å². The lowest BCUT2D eigenvalue weighted by Crippen LogP contribution is -2.30. The minimum Gasteiger partial charge on any atom is -0.390 e. The van der Waals surface area contributed by atoms with Gasteiger partial charge in [-0.3, -0.25) is 0 Å². The van der Waals surface area contributed by atoms with E-state index in [0.717, 1.165) is 0 Å². The summed E-state index contributed by atoms with van der Waals surface area (Å²) < 4.78 is 10.7. The molecule has 1 aliphatic rings. The molecular formula is C9H15ClO3. The highest BCUT2D eigenvalue weighted by Crippen LogP contribution is 2.26. The molecule has 0 saturated carbocycles. The number of aliphatic hydroxyl groups is 1. The molecule has 1 fully saturated rings. The van der Waals surface area contributed by atoms with E-state index in [4.69, 9.17) is 21.1 Å². The van der Waals surface area contributed by atoms with Gasteiger partial charge >= 0.3 is 0 Å². The van der Waals surface area contributed by atoms with Gasteiger partial charge in [0.15, 0.2) is 5.79 Å². The van der Waals surface area contributed by atoms with Crippen LogP contribution in [-0.4, -0.2) is 29.7 Å². The van der Waals surface area contributed by atoms with Crippen LogP contribution in [0.1, 0.15) is 20.3 Å². The second-order valence-corrected chi connectivity index (χ2v) is 4.19. The first-order chi connectivity index (χ1) is 5.91. The molecule has 13 heavy (non-hydrogen) atoms. The van der Waals surface area contributed by atoms with Crippen LogP contribution in [0.15, 0.2) is 11.6 Å². The first kappa shape index (κ1) is 11.0. The maximum Gasteiger partial charge on any atom is 0.163 e. The van der Waals surface area contributed by atoms with Gasteiger partial charge in [0.25, 0.3) is 0 Å². The average Bonchev–Trinajstić information content (AvgIpc) is 2.28. The molecule has 0 unspecified atom stereocenters. The van der Waals surface area contributed by atoms with Crippen molar-refractivity contribution in [2.24, 2.45) is 0 Å².